The molecule has 1 unspecified atom stereocenters. The van der Waals surface area contributed by atoms with Crippen molar-refractivity contribution < 1.29 is 14.4 Å². The first-order valence-corrected chi connectivity index (χ1v) is 6.68. The number of hydrogen-bond donors (Lipinski definition) is 0. The monoisotopic (exact) mass is 339 g/mol. The summed E-state index contributed by atoms with van der Waals surface area (Å²) in [4.78, 5) is 10.2. The van der Waals surface area contributed by atoms with Crippen LogP contribution in [0.15, 0.2) is 34.9 Å². The number of fused-ring (bicyclic) bond motifs is 1. The fourth-order valence-electron chi connectivity index (χ4n) is 1.97. The zero-order valence-corrected chi connectivity index (χ0v) is 11.8. The molecule has 0 aliphatic carbocycles. The Morgan fingerprint density at radius 2 is 2.20 bits per heavy atom. The minimum absolute atomic E-state index is 0.206. The highest BCUT2D eigenvalue weighted by atomic mass is 79.9. The van der Waals surface area contributed by atoms with E-state index in [9.17, 15) is 10.1 Å². The van der Waals surface area contributed by atoms with Gasteiger partial charge in [0.1, 0.15) is 17.6 Å². The summed E-state index contributed by atoms with van der Waals surface area (Å²) in [6, 6.07) is 7.39. The van der Waals surface area contributed by atoms with Crippen molar-refractivity contribution >= 4 is 21.7 Å². The van der Waals surface area contributed by atoms with Gasteiger partial charge < -0.3 is 19.6 Å². The summed E-state index contributed by atoms with van der Waals surface area (Å²) >= 11 is 3.11. The van der Waals surface area contributed by atoms with Gasteiger partial charge in [0, 0.05) is 0 Å². The quantitative estimate of drug-likeness (QED) is 0.633. The third-order valence-electron chi connectivity index (χ3n) is 2.83. The molecule has 0 saturated heterocycles. The van der Waals surface area contributed by atoms with E-state index in [4.69, 9.17) is 9.47 Å². The van der Waals surface area contributed by atoms with Crippen molar-refractivity contribution in [2.75, 3.05) is 6.61 Å². The van der Waals surface area contributed by atoms with Gasteiger partial charge >= 0.3 is 5.82 Å². The number of aromatic nitrogens is 2. The van der Waals surface area contributed by atoms with Crippen LogP contribution in [0.5, 0.6) is 11.5 Å². The molecular formula is C12H10BrN3O4. The molecule has 104 valence electrons. The lowest BCUT2D eigenvalue weighted by atomic mass is 10.2. The van der Waals surface area contributed by atoms with Gasteiger partial charge in [0.15, 0.2) is 17.6 Å². The van der Waals surface area contributed by atoms with Gasteiger partial charge in [-0.25, -0.2) is 0 Å². The third-order valence-corrected chi connectivity index (χ3v) is 3.39. The van der Waals surface area contributed by atoms with Crippen molar-refractivity contribution in [1.82, 2.24) is 9.78 Å². The van der Waals surface area contributed by atoms with Crippen LogP contribution in [0.2, 0.25) is 0 Å². The third kappa shape index (κ3) is 2.46. The van der Waals surface area contributed by atoms with Crippen molar-refractivity contribution in [1.29, 1.82) is 0 Å². The molecule has 0 spiro atoms. The maximum absolute atomic E-state index is 10.7. The Balaban J connectivity index is 1.74. The smallest absolute Gasteiger partial charge is 0.404 e. The molecule has 2 aromatic rings. The molecule has 0 N–H and O–H groups in total. The number of rotatable bonds is 3. The van der Waals surface area contributed by atoms with E-state index in [1.165, 1.54) is 4.68 Å². The lowest BCUT2D eigenvalue weighted by Crippen LogP contribution is -2.33. The first-order valence-electron chi connectivity index (χ1n) is 5.89. The predicted molar refractivity (Wildman–Crippen MR) is 72.9 cm³/mol. The maximum Gasteiger partial charge on any atom is 0.404 e. The van der Waals surface area contributed by atoms with Gasteiger partial charge in [-0.05, 0) is 33.0 Å². The lowest BCUT2D eigenvalue weighted by Gasteiger charge is -2.25. The fourth-order valence-corrected chi connectivity index (χ4v) is 2.43. The van der Waals surface area contributed by atoms with Crippen molar-refractivity contribution in [3.05, 3.63) is 45.0 Å². The molecule has 1 atom stereocenters. The Morgan fingerprint density at radius 3 is 2.90 bits per heavy atom. The number of halogens is 1. The van der Waals surface area contributed by atoms with E-state index in [1.54, 1.807) is 6.20 Å². The van der Waals surface area contributed by atoms with Gasteiger partial charge in [-0.2, -0.15) is 4.68 Å². The highest BCUT2D eigenvalue weighted by Gasteiger charge is 2.25. The molecule has 1 aromatic heterocycles. The van der Waals surface area contributed by atoms with Gasteiger partial charge in [0.25, 0.3) is 0 Å². The van der Waals surface area contributed by atoms with Crippen LogP contribution in [0.4, 0.5) is 5.82 Å². The standard InChI is InChI=1S/C12H10BrN3O4/c13-9-6-15(14-12(9)16(17)18)5-8-7-19-10-3-1-2-4-11(10)20-8/h1-4,6,8H,5,7H2. The van der Waals surface area contributed by atoms with E-state index >= 15 is 0 Å². The maximum atomic E-state index is 10.7. The van der Waals surface area contributed by atoms with Gasteiger partial charge in [-0.3, -0.25) is 0 Å². The van der Waals surface area contributed by atoms with Crippen LogP contribution in [0.3, 0.4) is 0 Å². The summed E-state index contributed by atoms with van der Waals surface area (Å²) in [6.07, 6.45) is 1.32. The Hall–Kier alpha value is -2.09. The minimum atomic E-state index is -0.534. The molecule has 7 nitrogen and oxygen atoms in total. The average molecular weight is 340 g/mol. The number of nitro groups is 1. The average Bonchev–Trinajstić information content (AvgIpc) is 2.79. The van der Waals surface area contributed by atoms with Crippen molar-refractivity contribution in [2.24, 2.45) is 0 Å². The molecule has 0 saturated carbocycles. The second kappa shape index (κ2) is 5.12. The van der Waals surface area contributed by atoms with Crippen molar-refractivity contribution in [2.45, 2.75) is 12.6 Å². The van der Waals surface area contributed by atoms with Crippen LogP contribution in [0.25, 0.3) is 0 Å². The van der Waals surface area contributed by atoms with Crippen LogP contribution in [0.1, 0.15) is 0 Å². The molecule has 2 heterocycles. The number of hydrogen-bond acceptors (Lipinski definition) is 5. The highest BCUT2D eigenvalue weighted by molar-refractivity contribution is 9.10. The van der Waals surface area contributed by atoms with Gasteiger partial charge in [-0.15, -0.1) is 0 Å². The van der Waals surface area contributed by atoms with E-state index in [2.05, 4.69) is 21.0 Å². The van der Waals surface area contributed by atoms with E-state index in [-0.39, 0.29) is 11.9 Å². The normalized spacial score (nSPS) is 16.9. The number of nitrogens with zero attached hydrogens (tertiary/aromatic N) is 3. The number of benzene rings is 1. The predicted octanol–water partition coefficient (Wildman–Crippen LogP) is 2.39. The first-order chi connectivity index (χ1) is 9.63. The summed E-state index contributed by atoms with van der Waals surface area (Å²) in [5.41, 5.74) is 0. The largest absolute Gasteiger partial charge is 0.486 e. The van der Waals surface area contributed by atoms with Gasteiger partial charge in [0.05, 0.1) is 11.3 Å². The van der Waals surface area contributed by atoms with Crippen molar-refractivity contribution in [3.63, 3.8) is 0 Å². The summed E-state index contributed by atoms with van der Waals surface area (Å²) in [5, 5.41) is 14.6. The summed E-state index contributed by atoms with van der Waals surface area (Å²) < 4.78 is 13.2. The Morgan fingerprint density at radius 1 is 1.45 bits per heavy atom. The van der Waals surface area contributed by atoms with E-state index in [0.29, 0.717) is 29.1 Å². The van der Waals surface area contributed by atoms with Gasteiger partial charge in [-0.1, -0.05) is 12.1 Å². The van der Waals surface area contributed by atoms with Gasteiger partial charge in [0.2, 0.25) is 0 Å². The molecule has 8 heteroatoms. The Bertz CT molecular complexity index is 658. The molecule has 0 bridgehead atoms. The molecule has 1 aliphatic rings. The van der Waals surface area contributed by atoms with E-state index < -0.39 is 4.92 Å². The summed E-state index contributed by atoms with van der Waals surface area (Å²) in [6.45, 7) is 0.753. The minimum Gasteiger partial charge on any atom is -0.486 e. The fraction of sp³-hybridized carbons (Fsp3) is 0.250. The number of ether oxygens (including phenoxy) is 2. The van der Waals surface area contributed by atoms with Crippen LogP contribution in [-0.2, 0) is 6.54 Å². The lowest BCUT2D eigenvalue weighted by molar-refractivity contribution is -0.390. The van der Waals surface area contributed by atoms with Crippen LogP contribution < -0.4 is 9.47 Å². The first kappa shape index (κ1) is 12.9. The van der Waals surface area contributed by atoms with Crippen LogP contribution in [-0.4, -0.2) is 27.4 Å². The van der Waals surface area contributed by atoms with Crippen LogP contribution >= 0.6 is 15.9 Å². The Kier molecular flexibility index (Phi) is 3.31. The highest BCUT2D eigenvalue weighted by Crippen LogP contribution is 2.31. The SMILES string of the molecule is O=[N+]([O-])c1nn(CC2COc3ccccc3O2)cc1Br. The van der Waals surface area contributed by atoms with Crippen LogP contribution in [0, 0.1) is 10.1 Å². The molecular weight excluding hydrogens is 330 g/mol. The molecule has 3 rings (SSSR count). The second-order valence-corrected chi connectivity index (χ2v) is 5.13. The van der Waals surface area contributed by atoms with E-state index in [1.807, 2.05) is 24.3 Å². The molecule has 0 fully saturated rings. The molecule has 1 aliphatic heterocycles. The zero-order valence-electron chi connectivity index (χ0n) is 10.2. The molecule has 0 radical (unpaired) electrons. The summed E-state index contributed by atoms with van der Waals surface area (Å²) in [5.74, 6) is 1.17. The molecule has 20 heavy (non-hydrogen) atoms. The second-order valence-electron chi connectivity index (χ2n) is 4.28. The van der Waals surface area contributed by atoms with E-state index in [0.717, 1.165) is 0 Å². The number of para-hydroxylation sites is 2. The summed E-state index contributed by atoms with van der Waals surface area (Å²) in [7, 11) is 0. The molecule has 1 aromatic carbocycles. The van der Waals surface area contributed by atoms with Crippen molar-refractivity contribution in [3.8, 4) is 11.5 Å². The topological polar surface area (TPSA) is 79.4 Å². The zero-order chi connectivity index (χ0) is 14.1. The molecule has 0 amide bonds. The Labute approximate surface area is 122 Å².